The Morgan fingerprint density at radius 3 is 3.00 bits per heavy atom. The number of carbonyl (C=O) groups excluding carboxylic acids is 1. The molecule has 19 heavy (non-hydrogen) atoms. The highest BCUT2D eigenvalue weighted by molar-refractivity contribution is 5.83. The molecule has 2 saturated heterocycles. The number of hydrogen-bond donors (Lipinski definition) is 1. The van der Waals surface area contributed by atoms with Gasteiger partial charge in [0.25, 0.3) is 0 Å². The number of nitrogens with one attached hydrogen (secondary N) is 1. The van der Waals surface area contributed by atoms with Crippen molar-refractivity contribution in [1.82, 2.24) is 20.4 Å². The van der Waals surface area contributed by atoms with Crippen LogP contribution in [0.2, 0.25) is 0 Å². The van der Waals surface area contributed by atoms with E-state index in [-0.39, 0.29) is 23.9 Å². The molecule has 3 heterocycles. The smallest absolute Gasteiger partial charge is 0.240 e. The van der Waals surface area contributed by atoms with Gasteiger partial charge in [-0.3, -0.25) is 4.79 Å². The quantitative estimate of drug-likeness (QED) is 0.834. The van der Waals surface area contributed by atoms with Crippen molar-refractivity contribution in [3.8, 4) is 0 Å². The van der Waals surface area contributed by atoms with Gasteiger partial charge >= 0.3 is 0 Å². The van der Waals surface area contributed by atoms with Gasteiger partial charge in [0.2, 0.25) is 17.7 Å². The molecule has 1 aromatic rings. The highest BCUT2D eigenvalue weighted by Gasteiger charge is 2.37. The standard InChI is InChI=1S/C13H17N4O2/c1-8-4-3-5-17(8)13(18)11-6-10(7-14-11)12-16-15-9(2)19-12/h8,10-11,14H,3-7H2,2H3/t8-,10?,11?/m0/s1. The monoisotopic (exact) mass is 261 g/mol. The van der Waals surface area contributed by atoms with Crippen LogP contribution in [0, 0.1) is 13.8 Å². The van der Waals surface area contributed by atoms with E-state index in [4.69, 9.17) is 11.3 Å². The largest absolute Gasteiger partial charge is 0.425 e. The highest BCUT2D eigenvalue weighted by Crippen LogP contribution is 2.27. The van der Waals surface area contributed by atoms with Crippen molar-refractivity contribution in [3.63, 3.8) is 0 Å². The Hall–Kier alpha value is -1.43. The topological polar surface area (TPSA) is 71.3 Å². The molecule has 3 rings (SSSR count). The van der Waals surface area contributed by atoms with E-state index in [1.807, 2.05) is 0 Å². The molecule has 0 aromatic carbocycles. The van der Waals surface area contributed by atoms with Gasteiger partial charge in [-0.1, -0.05) is 0 Å². The second kappa shape index (κ2) is 4.92. The number of nitrogens with zero attached hydrogens (tertiary/aromatic N) is 3. The van der Waals surface area contributed by atoms with Crippen molar-refractivity contribution < 1.29 is 9.21 Å². The van der Waals surface area contributed by atoms with Crippen LogP contribution in [-0.2, 0) is 4.79 Å². The van der Waals surface area contributed by atoms with Crippen LogP contribution in [0.1, 0.15) is 37.0 Å². The molecule has 3 atom stereocenters. The van der Waals surface area contributed by atoms with Gasteiger partial charge in [-0.15, -0.1) is 10.2 Å². The van der Waals surface area contributed by atoms with Crippen molar-refractivity contribution in [3.05, 3.63) is 18.7 Å². The van der Waals surface area contributed by atoms with Crippen LogP contribution in [-0.4, -0.2) is 46.2 Å². The number of aromatic nitrogens is 2. The molecule has 6 heteroatoms. The third-order valence-corrected chi connectivity index (χ3v) is 3.86. The molecule has 0 spiro atoms. The maximum Gasteiger partial charge on any atom is 0.240 e. The Balaban J connectivity index is 1.64. The molecule has 2 aliphatic heterocycles. The van der Waals surface area contributed by atoms with Crippen LogP contribution < -0.4 is 5.32 Å². The highest BCUT2D eigenvalue weighted by atomic mass is 16.4. The lowest BCUT2D eigenvalue weighted by atomic mass is 10.0. The SMILES string of the molecule is [C][C@H]1CCCN1C(=O)C1CC(c2nnc(C)o2)CN1. The second-order valence-corrected chi connectivity index (χ2v) is 5.24. The van der Waals surface area contributed by atoms with Gasteiger partial charge in [0.05, 0.1) is 12.0 Å². The maximum atomic E-state index is 12.3. The van der Waals surface area contributed by atoms with Gasteiger partial charge in [-0.25, -0.2) is 0 Å². The minimum atomic E-state index is -0.376. The normalized spacial score (nSPS) is 31.1. The number of carbonyl (C=O) groups is 1. The van der Waals surface area contributed by atoms with Crippen LogP contribution in [0.15, 0.2) is 4.42 Å². The van der Waals surface area contributed by atoms with Gasteiger partial charge < -0.3 is 14.6 Å². The summed E-state index contributed by atoms with van der Waals surface area (Å²) in [6, 6.07) is -0.595. The van der Waals surface area contributed by atoms with E-state index in [1.165, 1.54) is 0 Å². The summed E-state index contributed by atoms with van der Waals surface area (Å²) in [6.07, 6.45) is 2.38. The fraction of sp³-hybridized carbons (Fsp3) is 0.692. The molecule has 2 fully saturated rings. The Morgan fingerprint density at radius 2 is 2.37 bits per heavy atom. The number of rotatable bonds is 2. The number of aryl methyl sites for hydroxylation is 1. The van der Waals surface area contributed by atoms with Crippen LogP contribution in [0.5, 0.6) is 0 Å². The predicted octanol–water partition coefficient (Wildman–Crippen LogP) is 0.403. The molecule has 0 aliphatic carbocycles. The average molecular weight is 261 g/mol. The first kappa shape index (κ1) is 12.6. The van der Waals surface area contributed by atoms with E-state index < -0.39 is 0 Å². The molecule has 6 nitrogen and oxygen atoms in total. The summed E-state index contributed by atoms with van der Waals surface area (Å²) in [4.78, 5) is 14.0. The summed E-state index contributed by atoms with van der Waals surface area (Å²) in [5.74, 6) is 1.29. The fourth-order valence-corrected chi connectivity index (χ4v) is 2.82. The molecule has 1 amide bonds. The summed E-state index contributed by atoms with van der Waals surface area (Å²) >= 11 is 0. The molecule has 2 aliphatic rings. The predicted molar refractivity (Wildman–Crippen MR) is 66.2 cm³/mol. The van der Waals surface area contributed by atoms with Gasteiger partial charge in [-0.2, -0.15) is 0 Å². The first-order chi connectivity index (χ1) is 9.15. The summed E-state index contributed by atoms with van der Waals surface area (Å²) in [6.45, 7) is 11.0. The first-order valence-electron chi connectivity index (χ1n) is 6.70. The van der Waals surface area contributed by atoms with Crippen molar-refractivity contribution in [2.45, 2.75) is 44.2 Å². The Morgan fingerprint density at radius 1 is 1.53 bits per heavy atom. The van der Waals surface area contributed by atoms with E-state index >= 15 is 0 Å². The van der Waals surface area contributed by atoms with Crippen molar-refractivity contribution in [2.75, 3.05) is 13.1 Å². The van der Waals surface area contributed by atoms with Gasteiger partial charge in [-0.05, 0) is 19.3 Å². The first-order valence-corrected chi connectivity index (χ1v) is 6.70. The Bertz CT molecular complexity index is 473. The van der Waals surface area contributed by atoms with Crippen molar-refractivity contribution >= 4 is 5.91 Å². The molecule has 0 saturated carbocycles. The summed E-state index contributed by atoms with van der Waals surface area (Å²) < 4.78 is 5.42. The third-order valence-electron chi connectivity index (χ3n) is 3.86. The molecular weight excluding hydrogens is 244 g/mol. The number of likely N-dealkylation sites (tertiary alicyclic amines) is 1. The second-order valence-electron chi connectivity index (χ2n) is 5.24. The number of amides is 1. The Kier molecular flexibility index (Phi) is 3.26. The Labute approximate surface area is 112 Å². The fourth-order valence-electron chi connectivity index (χ4n) is 2.82. The van der Waals surface area contributed by atoms with Crippen molar-refractivity contribution in [2.24, 2.45) is 0 Å². The maximum absolute atomic E-state index is 12.3. The molecular formula is C13H17N4O2. The molecule has 1 N–H and O–H groups in total. The molecule has 3 radical (unpaired) electrons. The molecule has 101 valence electrons. The van der Waals surface area contributed by atoms with Gasteiger partial charge in [0.15, 0.2) is 0 Å². The van der Waals surface area contributed by atoms with Crippen LogP contribution in [0.3, 0.4) is 0 Å². The van der Waals surface area contributed by atoms with E-state index in [1.54, 1.807) is 11.8 Å². The zero-order chi connectivity index (χ0) is 13.4. The summed E-state index contributed by atoms with van der Waals surface area (Å²) in [5.41, 5.74) is 0. The average Bonchev–Trinajstić information content (AvgIpc) is 3.07. The van der Waals surface area contributed by atoms with Gasteiger partial charge in [0.1, 0.15) is 0 Å². The lowest BCUT2D eigenvalue weighted by Gasteiger charge is -2.24. The van der Waals surface area contributed by atoms with E-state index in [0.29, 0.717) is 31.3 Å². The van der Waals surface area contributed by atoms with E-state index in [9.17, 15) is 4.79 Å². The zero-order valence-electron chi connectivity index (χ0n) is 10.9. The van der Waals surface area contributed by atoms with Crippen molar-refractivity contribution in [1.29, 1.82) is 0 Å². The molecule has 1 aromatic heterocycles. The van der Waals surface area contributed by atoms with Crippen LogP contribution in [0.25, 0.3) is 0 Å². The van der Waals surface area contributed by atoms with Crippen LogP contribution >= 0.6 is 0 Å². The zero-order valence-corrected chi connectivity index (χ0v) is 10.9. The summed E-state index contributed by atoms with van der Waals surface area (Å²) in [5, 5.41) is 11.0. The third kappa shape index (κ3) is 2.36. The minimum absolute atomic E-state index is 0.0382. The molecule has 0 bridgehead atoms. The van der Waals surface area contributed by atoms with Crippen LogP contribution in [0.4, 0.5) is 0 Å². The number of hydrogen-bond acceptors (Lipinski definition) is 5. The van der Waals surface area contributed by atoms with Gasteiger partial charge in [0, 0.05) is 33.0 Å². The lowest BCUT2D eigenvalue weighted by Crippen LogP contribution is -2.45. The lowest BCUT2D eigenvalue weighted by molar-refractivity contribution is -0.133. The summed E-state index contributed by atoms with van der Waals surface area (Å²) in [7, 11) is 0. The molecule has 2 unspecified atom stereocenters. The van der Waals surface area contributed by atoms with E-state index in [2.05, 4.69) is 15.5 Å². The van der Waals surface area contributed by atoms with E-state index in [0.717, 1.165) is 12.8 Å². The minimum Gasteiger partial charge on any atom is -0.425 e.